The molecule has 0 saturated carbocycles. The molecule has 3 rings (SSSR count). The van der Waals surface area contributed by atoms with Crippen molar-refractivity contribution >= 4 is 6.03 Å². The smallest absolute Gasteiger partial charge is 0.318 e. The topological polar surface area (TPSA) is 41.6 Å². The predicted molar refractivity (Wildman–Crippen MR) is 100 cm³/mol. The number of rotatable bonds is 3. The lowest BCUT2D eigenvalue weighted by molar-refractivity contribution is 0.180. The second-order valence-corrected chi connectivity index (χ2v) is 6.61. The molecule has 0 aliphatic carbocycles. The molecule has 0 aromatic heterocycles. The minimum Gasteiger partial charge on any atom is -0.497 e. The summed E-state index contributed by atoms with van der Waals surface area (Å²) in [5, 5.41) is 2.96. The maximum atomic E-state index is 12.7. The van der Waals surface area contributed by atoms with Crippen LogP contribution in [0.3, 0.4) is 0 Å². The molecule has 0 bridgehead atoms. The molecule has 1 atom stereocenters. The van der Waals surface area contributed by atoms with E-state index in [1.807, 2.05) is 17.9 Å². The molecule has 0 radical (unpaired) electrons. The van der Waals surface area contributed by atoms with Crippen molar-refractivity contribution in [2.75, 3.05) is 20.2 Å². The Morgan fingerprint density at radius 2 is 1.96 bits per heavy atom. The molecule has 25 heavy (non-hydrogen) atoms. The van der Waals surface area contributed by atoms with Crippen LogP contribution in [-0.4, -0.2) is 31.1 Å². The van der Waals surface area contributed by atoms with Crippen molar-refractivity contribution < 1.29 is 9.53 Å². The lowest BCUT2D eigenvalue weighted by Crippen LogP contribution is -2.46. The molecule has 2 aromatic rings. The summed E-state index contributed by atoms with van der Waals surface area (Å²) in [4.78, 5) is 14.6. The lowest BCUT2D eigenvalue weighted by atomic mass is 9.86. The van der Waals surface area contributed by atoms with E-state index in [4.69, 9.17) is 4.74 Å². The molecule has 4 nitrogen and oxygen atoms in total. The molecule has 0 spiro atoms. The second kappa shape index (κ2) is 7.18. The predicted octanol–water partition coefficient (Wildman–Crippen LogP) is 3.99. The van der Waals surface area contributed by atoms with Gasteiger partial charge < -0.3 is 15.0 Å². The summed E-state index contributed by atoms with van der Waals surface area (Å²) in [6.45, 7) is 7.50. The van der Waals surface area contributed by atoms with Crippen molar-refractivity contribution in [2.24, 2.45) is 0 Å². The molecule has 1 N–H and O–H groups in total. The van der Waals surface area contributed by atoms with Crippen LogP contribution in [0.5, 0.6) is 5.75 Å². The molecule has 0 fully saturated rings. The van der Waals surface area contributed by atoms with Gasteiger partial charge in [0.05, 0.1) is 13.2 Å². The fraction of sp³-hybridized carbons (Fsp3) is 0.381. The number of fused-ring (bicyclic) bond motifs is 1. The Morgan fingerprint density at radius 3 is 2.64 bits per heavy atom. The van der Waals surface area contributed by atoms with E-state index < -0.39 is 0 Å². The quantitative estimate of drug-likeness (QED) is 0.919. The van der Waals surface area contributed by atoms with E-state index in [9.17, 15) is 4.79 Å². The van der Waals surface area contributed by atoms with Crippen molar-refractivity contribution in [3.05, 3.63) is 64.2 Å². The van der Waals surface area contributed by atoms with Crippen LogP contribution in [0, 0.1) is 13.8 Å². The van der Waals surface area contributed by atoms with Crippen LogP contribution in [-0.2, 0) is 6.42 Å². The van der Waals surface area contributed by atoms with E-state index in [0.717, 1.165) is 12.2 Å². The van der Waals surface area contributed by atoms with Crippen molar-refractivity contribution in [3.63, 3.8) is 0 Å². The maximum absolute atomic E-state index is 12.7. The molecule has 2 amide bonds. The first kappa shape index (κ1) is 17.3. The Balaban J connectivity index is 2.11. The maximum Gasteiger partial charge on any atom is 0.318 e. The average Bonchev–Trinajstić information content (AvgIpc) is 2.60. The standard InChI is InChI=1S/C21H26N2O2/c1-5-22-21(24)23-11-10-16-13-17(25-4)7-9-19(16)20(23)18-8-6-14(2)12-15(18)3/h6-9,12-13,20H,5,10-11H2,1-4H3,(H,22,24). The Morgan fingerprint density at radius 1 is 1.20 bits per heavy atom. The highest BCUT2D eigenvalue weighted by molar-refractivity contribution is 5.76. The number of methoxy groups -OCH3 is 1. The van der Waals surface area contributed by atoms with Gasteiger partial charge in [-0.25, -0.2) is 4.79 Å². The fourth-order valence-corrected chi connectivity index (χ4v) is 3.67. The number of carbonyl (C=O) groups excluding carboxylic acids is 1. The number of nitrogens with one attached hydrogen (secondary N) is 1. The molecular weight excluding hydrogens is 312 g/mol. The number of benzene rings is 2. The zero-order valence-electron chi connectivity index (χ0n) is 15.4. The Hall–Kier alpha value is -2.49. The monoisotopic (exact) mass is 338 g/mol. The van der Waals surface area contributed by atoms with Crippen LogP contribution < -0.4 is 10.1 Å². The van der Waals surface area contributed by atoms with Gasteiger partial charge in [-0.2, -0.15) is 0 Å². The molecule has 1 aliphatic rings. The van der Waals surface area contributed by atoms with Gasteiger partial charge in [-0.1, -0.05) is 29.8 Å². The number of hydrogen-bond donors (Lipinski definition) is 1. The number of urea groups is 1. The summed E-state index contributed by atoms with van der Waals surface area (Å²) in [5.41, 5.74) is 6.07. The molecule has 1 aliphatic heterocycles. The summed E-state index contributed by atoms with van der Waals surface area (Å²) >= 11 is 0. The van der Waals surface area contributed by atoms with E-state index in [2.05, 4.69) is 49.5 Å². The number of nitrogens with zero attached hydrogens (tertiary/aromatic N) is 1. The third-order valence-electron chi connectivity index (χ3n) is 4.89. The minimum absolute atomic E-state index is 0.00561. The van der Waals surface area contributed by atoms with Crippen LogP contribution in [0.25, 0.3) is 0 Å². The van der Waals surface area contributed by atoms with Crippen LogP contribution in [0.4, 0.5) is 4.79 Å². The van der Waals surface area contributed by atoms with Gasteiger partial charge in [0.25, 0.3) is 0 Å². The van der Waals surface area contributed by atoms with Crippen LogP contribution >= 0.6 is 0 Å². The van der Waals surface area contributed by atoms with Gasteiger partial charge in [0.15, 0.2) is 0 Å². The number of aryl methyl sites for hydroxylation is 2. The number of amides is 2. The second-order valence-electron chi connectivity index (χ2n) is 6.61. The summed E-state index contributed by atoms with van der Waals surface area (Å²) in [6, 6.07) is 12.6. The van der Waals surface area contributed by atoms with Crippen molar-refractivity contribution in [1.82, 2.24) is 10.2 Å². The van der Waals surface area contributed by atoms with E-state index in [0.29, 0.717) is 13.1 Å². The molecule has 4 heteroatoms. The Labute approximate surface area is 149 Å². The van der Waals surface area contributed by atoms with Gasteiger partial charge in [0, 0.05) is 13.1 Å². The first-order chi connectivity index (χ1) is 12.0. The third-order valence-corrected chi connectivity index (χ3v) is 4.89. The van der Waals surface area contributed by atoms with E-state index in [-0.39, 0.29) is 12.1 Å². The average molecular weight is 338 g/mol. The van der Waals surface area contributed by atoms with Crippen LogP contribution in [0.1, 0.15) is 40.8 Å². The normalized spacial score (nSPS) is 16.3. The summed E-state index contributed by atoms with van der Waals surface area (Å²) in [5.74, 6) is 0.865. The van der Waals surface area contributed by atoms with Crippen molar-refractivity contribution in [2.45, 2.75) is 33.2 Å². The SMILES string of the molecule is CCNC(=O)N1CCc2cc(OC)ccc2C1c1ccc(C)cc1C. The molecule has 1 heterocycles. The number of ether oxygens (including phenoxy) is 1. The van der Waals surface area contributed by atoms with Gasteiger partial charge in [-0.15, -0.1) is 0 Å². The zero-order chi connectivity index (χ0) is 18.0. The molecule has 0 saturated heterocycles. The minimum atomic E-state index is -0.0678. The highest BCUT2D eigenvalue weighted by atomic mass is 16.5. The van der Waals surface area contributed by atoms with E-state index in [1.165, 1.54) is 27.8 Å². The first-order valence-corrected chi connectivity index (χ1v) is 8.83. The number of hydrogen-bond acceptors (Lipinski definition) is 2. The van der Waals surface area contributed by atoms with Gasteiger partial charge in [-0.05, 0) is 61.6 Å². The summed E-state index contributed by atoms with van der Waals surface area (Å²) < 4.78 is 5.38. The van der Waals surface area contributed by atoms with Crippen LogP contribution in [0.2, 0.25) is 0 Å². The van der Waals surface area contributed by atoms with Crippen molar-refractivity contribution in [3.8, 4) is 5.75 Å². The largest absolute Gasteiger partial charge is 0.497 e. The Bertz CT molecular complexity index is 785. The number of carbonyl (C=O) groups is 1. The van der Waals surface area contributed by atoms with Crippen molar-refractivity contribution in [1.29, 1.82) is 0 Å². The third kappa shape index (κ3) is 3.34. The van der Waals surface area contributed by atoms with Gasteiger partial charge in [0.1, 0.15) is 5.75 Å². The van der Waals surface area contributed by atoms with E-state index in [1.54, 1.807) is 7.11 Å². The highest BCUT2D eigenvalue weighted by Gasteiger charge is 2.32. The van der Waals surface area contributed by atoms with Crippen LogP contribution in [0.15, 0.2) is 36.4 Å². The summed E-state index contributed by atoms with van der Waals surface area (Å²) in [6.07, 6.45) is 0.838. The molecule has 2 aromatic carbocycles. The van der Waals surface area contributed by atoms with E-state index >= 15 is 0 Å². The fourth-order valence-electron chi connectivity index (χ4n) is 3.67. The molecule has 132 valence electrons. The zero-order valence-corrected chi connectivity index (χ0v) is 15.4. The molecular formula is C21H26N2O2. The van der Waals surface area contributed by atoms with Gasteiger partial charge >= 0.3 is 6.03 Å². The Kier molecular flexibility index (Phi) is 4.98. The van der Waals surface area contributed by atoms with Gasteiger partial charge in [-0.3, -0.25) is 0 Å². The first-order valence-electron chi connectivity index (χ1n) is 8.83. The van der Waals surface area contributed by atoms with Gasteiger partial charge in [0.2, 0.25) is 0 Å². The lowest BCUT2D eigenvalue weighted by Gasteiger charge is -2.38. The highest BCUT2D eigenvalue weighted by Crippen LogP contribution is 2.38. The summed E-state index contributed by atoms with van der Waals surface area (Å²) in [7, 11) is 1.69. The molecule has 1 unspecified atom stereocenters.